The first-order valence-corrected chi connectivity index (χ1v) is 9.08. The van der Waals surface area contributed by atoms with Gasteiger partial charge in [-0.2, -0.15) is 0 Å². The molecule has 0 fully saturated rings. The van der Waals surface area contributed by atoms with E-state index < -0.39 is 0 Å². The quantitative estimate of drug-likeness (QED) is 0.735. The maximum Gasteiger partial charge on any atom is 0.236 e. The zero-order valence-electron chi connectivity index (χ0n) is 12.5. The van der Waals surface area contributed by atoms with Crippen molar-refractivity contribution in [3.8, 4) is 0 Å². The molecule has 1 aliphatic rings. The highest BCUT2D eigenvalue weighted by molar-refractivity contribution is 9.10. The number of rotatable bonds is 3. The van der Waals surface area contributed by atoms with Gasteiger partial charge in [0.25, 0.3) is 0 Å². The molecule has 3 rings (SSSR count). The van der Waals surface area contributed by atoms with E-state index in [1.807, 2.05) is 42.2 Å². The second-order valence-electron chi connectivity index (χ2n) is 5.49. The van der Waals surface area contributed by atoms with Crippen molar-refractivity contribution in [3.05, 3.63) is 64.1 Å². The molecule has 22 heavy (non-hydrogen) atoms. The summed E-state index contributed by atoms with van der Waals surface area (Å²) in [5.41, 5.74) is 2.66. The smallest absolute Gasteiger partial charge is 0.236 e. The van der Waals surface area contributed by atoms with Crippen LogP contribution >= 0.6 is 27.7 Å². The van der Waals surface area contributed by atoms with E-state index in [0.717, 1.165) is 28.9 Å². The van der Waals surface area contributed by atoms with Crippen molar-refractivity contribution in [2.45, 2.75) is 30.0 Å². The Morgan fingerprint density at radius 1 is 1.14 bits per heavy atom. The van der Waals surface area contributed by atoms with Crippen LogP contribution in [-0.2, 0) is 17.8 Å². The van der Waals surface area contributed by atoms with E-state index in [9.17, 15) is 4.79 Å². The van der Waals surface area contributed by atoms with Crippen LogP contribution in [0.5, 0.6) is 0 Å². The Kier molecular flexibility index (Phi) is 4.89. The highest BCUT2D eigenvalue weighted by Crippen LogP contribution is 2.27. The van der Waals surface area contributed by atoms with Gasteiger partial charge in [-0.25, -0.2) is 0 Å². The van der Waals surface area contributed by atoms with Crippen LogP contribution in [0.2, 0.25) is 0 Å². The minimum absolute atomic E-state index is 0.0635. The molecule has 0 spiro atoms. The van der Waals surface area contributed by atoms with E-state index in [1.165, 1.54) is 11.1 Å². The second-order valence-corrected chi connectivity index (χ2v) is 7.82. The Labute approximate surface area is 144 Å². The Bertz CT molecular complexity index is 671. The molecule has 0 saturated carbocycles. The molecule has 1 unspecified atom stereocenters. The third kappa shape index (κ3) is 3.55. The first kappa shape index (κ1) is 15.6. The molecule has 0 aliphatic carbocycles. The molecule has 0 bridgehead atoms. The number of amides is 1. The summed E-state index contributed by atoms with van der Waals surface area (Å²) in [5, 5.41) is -0.0635. The lowest BCUT2D eigenvalue weighted by Gasteiger charge is -2.30. The van der Waals surface area contributed by atoms with Gasteiger partial charge in [0, 0.05) is 22.5 Å². The maximum absolute atomic E-state index is 12.7. The van der Waals surface area contributed by atoms with Gasteiger partial charge in [-0.15, -0.1) is 11.8 Å². The lowest BCUT2D eigenvalue weighted by molar-refractivity contribution is -0.131. The van der Waals surface area contributed by atoms with Gasteiger partial charge in [0.1, 0.15) is 0 Å². The standard InChI is InChI=1S/C18H18BrNOS/c1-13(22-17-8-6-16(19)7-9-17)18(21)20-11-10-14-4-2-3-5-15(14)12-20/h2-9,13H,10-12H2,1H3. The van der Waals surface area contributed by atoms with Gasteiger partial charge in [-0.05, 0) is 48.7 Å². The summed E-state index contributed by atoms with van der Waals surface area (Å²) in [6.07, 6.45) is 0.956. The summed E-state index contributed by atoms with van der Waals surface area (Å²) in [6.45, 7) is 3.55. The Balaban J connectivity index is 1.65. The molecule has 0 radical (unpaired) electrons. The predicted molar refractivity (Wildman–Crippen MR) is 95.0 cm³/mol. The number of thioether (sulfide) groups is 1. The van der Waals surface area contributed by atoms with Crippen molar-refractivity contribution in [1.82, 2.24) is 4.90 Å². The Hall–Kier alpha value is -1.26. The number of carbonyl (C=O) groups excluding carboxylic acids is 1. The van der Waals surface area contributed by atoms with Crippen LogP contribution in [0.25, 0.3) is 0 Å². The molecule has 0 N–H and O–H groups in total. The number of fused-ring (bicyclic) bond motifs is 1. The molecule has 114 valence electrons. The molecule has 2 aromatic carbocycles. The third-order valence-electron chi connectivity index (χ3n) is 3.92. The summed E-state index contributed by atoms with van der Waals surface area (Å²) in [5.74, 6) is 0.224. The van der Waals surface area contributed by atoms with Gasteiger partial charge in [0.2, 0.25) is 5.91 Å². The van der Waals surface area contributed by atoms with Crippen LogP contribution in [0, 0.1) is 0 Å². The zero-order chi connectivity index (χ0) is 15.5. The summed E-state index contributed by atoms with van der Waals surface area (Å²) in [4.78, 5) is 15.8. The fourth-order valence-corrected chi connectivity index (χ4v) is 3.92. The lowest BCUT2D eigenvalue weighted by Crippen LogP contribution is -2.40. The number of benzene rings is 2. The van der Waals surface area contributed by atoms with E-state index in [-0.39, 0.29) is 11.2 Å². The van der Waals surface area contributed by atoms with Crippen LogP contribution < -0.4 is 0 Å². The SMILES string of the molecule is CC(Sc1ccc(Br)cc1)C(=O)N1CCc2ccccc2C1. The van der Waals surface area contributed by atoms with Crippen LogP contribution in [0.4, 0.5) is 0 Å². The minimum atomic E-state index is -0.0635. The van der Waals surface area contributed by atoms with Crippen LogP contribution in [-0.4, -0.2) is 22.6 Å². The maximum atomic E-state index is 12.7. The van der Waals surface area contributed by atoms with Gasteiger partial charge in [0.15, 0.2) is 0 Å². The molecule has 2 aromatic rings. The molecule has 4 heteroatoms. The highest BCUT2D eigenvalue weighted by Gasteiger charge is 2.25. The van der Waals surface area contributed by atoms with Gasteiger partial charge in [-0.1, -0.05) is 40.2 Å². The van der Waals surface area contributed by atoms with Crippen molar-refractivity contribution in [1.29, 1.82) is 0 Å². The van der Waals surface area contributed by atoms with Crippen molar-refractivity contribution < 1.29 is 4.79 Å². The summed E-state index contributed by atoms with van der Waals surface area (Å²) in [6, 6.07) is 16.5. The lowest BCUT2D eigenvalue weighted by atomic mass is 10.00. The average molecular weight is 376 g/mol. The minimum Gasteiger partial charge on any atom is -0.337 e. The highest BCUT2D eigenvalue weighted by atomic mass is 79.9. The van der Waals surface area contributed by atoms with Gasteiger partial charge in [-0.3, -0.25) is 4.79 Å². The fraction of sp³-hybridized carbons (Fsp3) is 0.278. The van der Waals surface area contributed by atoms with Crippen LogP contribution in [0.15, 0.2) is 57.9 Å². The molecule has 0 saturated heterocycles. The number of hydrogen-bond donors (Lipinski definition) is 0. The number of nitrogens with zero attached hydrogens (tertiary/aromatic N) is 1. The molecule has 0 aromatic heterocycles. The number of halogens is 1. The predicted octanol–water partition coefficient (Wildman–Crippen LogP) is 4.51. The van der Waals surface area contributed by atoms with Crippen LogP contribution in [0.1, 0.15) is 18.1 Å². The van der Waals surface area contributed by atoms with Gasteiger partial charge in [0.05, 0.1) is 5.25 Å². The normalized spacial score (nSPS) is 15.3. The van der Waals surface area contributed by atoms with Crippen molar-refractivity contribution >= 4 is 33.6 Å². The van der Waals surface area contributed by atoms with Crippen molar-refractivity contribution in [3.63, 3.8) is 0 Å². The molecule has 1 atom stereocenters. The van der Waals surface area contributed by atoms with E-state index in [2.05, 4.69) is 34.1 Å². The molecular formula is C18H18BrNOS. The summed E-state index contributed by atoms with van der Waals surface area (Å²) < 4.78 is 1.06. The summed E-state index contributed by atoms with van der Waals surface area (Å²) in [7, 11) is 0. The molecule has 2 nitrogen and oxygen atoms in total. The van der Waals surface area contributed by atoms with Crippen LogP contribution in [0.3, 0.4) is 0 Å². The summed E-state index contributed by atoms with van der Waals surface area (Å²) >= 11 is 5.06. The van der Waals surface area contributed by atoms with Gasteiger partial charge < -0.3 is 4.90 Å². The second kappa shape index (κ2) is 6.88. The first-order chi connectivity index (χ1) is 10.6. The molecule has 1 aliphatic heterocycles. The Morgan fingerprint density at radius 2 is 1.82 bits per heavy atom. The van der Waals surface area contributed by atoms with Crippen molar-refractivity contribution in [2.24, 2.45) is 0 Å². The molecular weight excluding hydrogens is 358 g/mol. The van der Waals surface area contributed by atoms with E-state index >= 15 is 0 Å². The zero-order valence-corrected chi connectivity index (χ0v) is 14.9. The number of carbonyl (C=O) groups is 1. The topological polar surface area (TPSA) is 20.3 Å². The van der Waals surface area contributed by atoms with E-state index in [1.54, 1.807) is 11.8 Å². The van der Waals surface area contributed by atoms with E-state index in [0.29, 0.717) is 0 Å². The fourth-order valence-electron chi connectivity index (χ4n) is 2.71. The largest absolute Gasteiger partial charge is 0.337 e. The average Bonchev–Trinajstić information content (AvgIpc) is 2.55. The monoisotopic (exact) mass is 375 g/mol. The van der Waals surface area contributed by atoms with E-state index in [4.69, 9.17) is 0 Å². The first-order valence-electron chi connectivity index (χ1n) is 7.41. The Morgan fingerprint density at radius 3 is 2.55 bits per heavy atom. The third-order valence-corrected chi connectivity index (χ3v) is 5.54. The molecule has 1 amide bonds. The molecule has 1 heterocycles. The van der Waals surface area contributed by atoms with Crippen molar-refractivity contribution in [2.75, 3.05) is 6.54 Å². The van der Waals surface area contributed by atoms with Gasteiger partial charge >= 0.3 is 0 Å². The number of hydrogen-bond acceptors (Lipinski definition) is 2.